The molecule has 0 bridgehead atoms. The van der Waals surface area contributed by atoms with Gasteiger partial charge in [-0.15, -0.1) is 0 Å². The molecule has 3 aromatic carbocycles. The van der Waals surface area contributed by atoms with E-state index >= 15 is 0 Å². The summed E-state index contributed by atoms with van der Waals surface area (Å²) in [6.45, 7) is -0.0649. The Morgan fingerprint density at radius 2 is 1.82 bits per heavy atom. The average molecular weight is 566 g/mol. The van der Waals surface area contributed by atoms with Crippen molar-refractivity contribution in [1.82, 2.24) is 10.0 Å². The van der Waals surface area contributed by atoms with Crippen LogP contribution in [0.5, 0.6) is 5.75 Å². The van der Waals surface area contributed by atoms with Gasteiger partial charge in [-0.3, -0.25) is 4.79 Å². The molecule has 40 heavy (non-hydrogen) atoms. The van der Waals surface area contributed by atoms with Crippen LogP contribution in [0.4, 0.5) is 4.39 Å². The highest BCUT2D eigenvalue weighted by Crippen LogP contribution is 2.45. The van der Waals surface area contributed by atoms with E-state index in [0.717, 1.165) is 18.4 Å². The van der Waals surface area contributed by atoms with Crippen molar-refractivity contribution in [2.75, 3.05) is 14.2 Å². The number of carbonyl (C=O) groups excluding carboxylic acids is 1. The van der Waals surface area contributed by atoms with Gasteiger partial charge in [-0.1, -0.05) is 12.1 Å². The topological polar surface area (TPSA) is 138 Å². The van der Waals surface area contributed by atoms with Crippen molar-refractivity contribution in [1.29, 1.82) is 0 Å². The summed E-state index contributed by atoms with van der Waals surface area (Å²) in [5.41, 5.74) is 3.34. The number of ether oxygens (including phenoxy) is 1. The molecule has 1 aliphatic carbocycles. The molecule has 1 amide bonds. The van der Waals surface area contributed by atoms with Gasteiger partial charge in [0.25, 0.3) is 5.91 Å². The van der Waals surface area contributed by atoms with Crippen molar-refractivity contribution in [2.24, 2.45) is 0 Å². The maximum atomic E-state index is 13.6. The second-order valence-corrected chi connectivity index (χ2v) is 11.5. The number of nitrogens with one attached hydrogen (secondary N) is 2. The molecular weight excluding hydrogens is 538 g/mol. The first kappa shape index (κ1) is 27.8. The molecule has 1 fully saturated rings. The molecule has 1 aromatic heterocycles. The van der Waals surface area contributed by atoms with Crippen LogP contribution in [0.1, 0.15) is 45.8 Å². The highest BCUT2D eigenvalue weighted by molar-refractivity contribution is 7.88. The number of fused-ring (bicyclic) bond motifs is 1. The molecule has 0 spiro atoms. The van der Waals surface area contributed by atoms with Gasteiger partial charge in [0.2, 0.25) is 10.0 Å². The van der Waals surface area contributed by atoms with Crippen molar-refractivity contribution >= 4 is 39.5 Å². The maximum Gasteiger partial charge on any atom is 0.488 e. The minimum atomic E-state index is -3.83. The van der Waals surface area contributed by atoms with Crippen LogP contribution < -0.4 is 20.2 Å². The van der Waals surface area contributed by atoms with Gasteiger partial charge >= 0.3 is 7.12 Å². The maximum absolute atomic E-state index is 13.6. The number of benzene rings is 3. The van der Waals surface area contributed by atoms with Gasteiger partial charge in [0.1, 0.15) is 22.9 Å². The molecule has 5 rings (SSSR count). The number of carbonyl (C=O) groups is 1. The Bertz CT molecular complexity index is 1680. The third kappa shape index (κ3) is 5.75. The fourth-order valence-electron chi connectivity index (χ4n) is 4.77. The molecule has 1 aliphatic rings. The molecular formula is C28H28BFN2O7S. The first-order chi connectivity index (χ1) is 19.1. The SMILES string of the molecule is CNC(=O)c1c(-c2ccc(F)cc2)oc2cc(CS(=O)(=O)NCc3ccc(B(O)O)cc3OC)c(C3CC3)cc12. The summed E-state index contributed by atoms with van der Waals surface area (Å²) in [5.74, 6) is -0.329. The lowest BCUT2D eigenvalue weighted by Gasteiger charge is -2.14. The van der Waals surface area contributed by atoms with Crippen molar-refractivity contribution < 1.29 is 36.8 Å². The van der Waals surface area contributed by atoms with E-state index < -0.39 is 23.0 Å². The van der Waals surface area contributed by atoms with E-state index in [9.17, 15) is 27.7 Å². The molecule has 1 saturated carbocycles. The number of furan rings is 1. The van der Waals surface area contributed by atoms with Crippen LogP contribution >= 0.6 is 0 Å². The van der Waals surface area contributed by atoms with Crippen LogP contribution in [0.3, 0.4) is 0 Å². The Balaban J connectivity index is 1.49. The lowest BCUT2D eigenvalue weighted by molar-refractivity contribution is 0.0964. The number of hydrogen-bond donors (Lipinski definition) is 4. The van der Waals surface area contributed by atoms with E-state index in [0.29, 0.717) is 39.0 Å². The predicted molar refractivity (Wildman–Crippen MR) is 149 cm³/mol. The van der Waals surface area contributed by atoms with Crippen LogP contribution in [-0.2, 0) is 22.3 Å². The van der Waals surface area contributed by atoms with Crippen LogP contribution in [0, 0.1) is 5.82 Å². The Kier molecular flexibility index (Phi) is 7.69. The number of methoxy groups -OCH3 is 1. The van der Waals surface area contributed by atoms with Crippen LogP contribution in [-0.4, -0.2) is 45.6 Å². The highest BCUT2D eigenvalue weighted by Gasteiger charge is 2.31. The van der Waals surface area contributed by atoms with Crippen molar-refractivity contribution in [2.45, 2.75) is 31.1 Å². The molecule has 4 N–H and O–H groups in total. The van der Waals surface area contributed by atoms with Gasteiger partial charge in [0.15, 0.2) is 0 Å². The second-order valence-electron chi connectivity index (χ2n) is 9.74. The molecule has 0 unspecified atom stereocenters. The van der Waals surface area contributed by atoms with Gasteiger partial charge in [-0.25, -0.2) is 17.5 Å². The number of hydrogen-bond acceptors (Lipinski definition) is 7. The fraction of sp³-hybridized carbons (Fsp3) is 0.250. The summed E-state index contributed by atoms with van der Waals surface area (Å²) < 4.78 is 53.9. The van der Waals surface area contributed by atoms with Crippen molar-refractivity contribution in [3.05, 3.63) is 82.7 Å². The normalized spacial score (nSPS) is 13.4. The zero-order chi connectivity index (χ0) is 28.6. The molecule has 0 saturated heterocycles. The number of amides is 1. The van der Waals surface area contributed by atoms with E-state index in [1.54, 1.807) is 12.1 Å². The Labute approximate surface area is 231 Å². The number of sulfonamides is 1. The standard InChI is InChI=1S/C28H28BFN2O7S/c1-31-28(33)26-23-13-22(16-3-4-16)19(11-25(23)39-27(26)17-6-9-21(30)10-7-17)15-40(36,37)32-14-18-5-8-20(29(34)35)12-24(18)38-2/h5-13,16,32,34-35H,3-4,14-15H2,1-2H3,(H,31,33). The van der Waals surface area contributed by atoms with Gasteiger partial charge in [0.05, 0.1) is 18.4 Å². The fourth-order valence-corrected chi connectivity index (χ4v) is 5.90. The zero-order valence-electron chi connectivity index (χ0n) is 21.9. The smallest absolute Gasteiger partial charge is 0.488 e. The van der Waals surface area contributed by atoms with E-state index in [4.69, 9.17) is 9.15 Å². The third-order valence-electron chi connectivity index (χ3n) is 6.96. The van der Waals surface area contributed by atoms with E-state index in [2.05, 4.69) is 10.0 Å². The molecule has 208 valence electrons. The van der Waals surface area contributed by atoms with Crippen molar-refractivity contribution in [3.8, 4) is 17.1 Å². The molecule has 4 aromatic rings. The minimum absolute atomic E-state index is 0.0649. The average Bonchev–Trinajstić information content (AvgIpc) is 3.71. The number of rotatable bonds is 10. The molecule has 12 heteroatoms. The molecule has 0 radical (unpaired) electrons. The lowest BCUT2D eigenvalue weighted by atomic mass is 9.80. The van der Waals surface area contributed by atoms with Crippen LogP contribution in [0.25, 0.3) is 22.3 Å². The second kappa shape index (κ2) is 11.0. The van der Waals surface area contributed by atoms with Gasteiger partial charge in [-0.2, -0.15) is 0 Å². The van der Waals surface area contributed by atoms with E-state index in [1.165, 1.54) is 50.6 Å². The first-order valence-corrected chi connectivity index (χ1v) is 14.3. The highest BCUT2D eigenvalue weighted by atomic mass is 32.2. The quantitative estimate of drug-likeness (QED) is 0.217. The summed E-state index contributed by atoms with van der Waals surface area (Å²) >= 11 is 0. The van der Waals surface area contributed by atoms with E-state index in [1.807, 2.05) is 6.07 Å². The molecule has 0 aliphatic heterocycles. The molecule has 0 atom stereocenters. The monoisotopic (exact) mass is 566 g/mol. The summed E-state index contributed by atoms with van der Waals surface area (Å²) in [6, 6.07) is 13.6. The minimum Gasteiger partial charge on any atom is -0.496 e. The largest absolute Gasteiger partial charge is 0.496 e. The first-order valence-electron chi connectivity index (χ1n) is 12.7. The summed E-state index contributed by atoms with van der Waals surface area (Å²) in [5, 5.41) is 22.0. The van der Waals surface area contributed by atoms with Gasteiger partial charge < -0.3 is 24.5 Å². The molecule has 9 nitrogen and oxygen atoms in total. The predicted octanol–water partition coefficient (Wildman–Crippen LogP) is 2.78. The lowest BCUT2D eigenvalue weighted by Crippen LogP contribution is -2.30. The summed E-state index contributed by atoms with van der Waals surface area (Å²) in [7, 11) is -2.58. The number of halogens is 1. The van der Waals surface area contributed by atoms with Crippen LogP contribution in [0.15, 0.2) is 59.0 Å². The molecule has 1 heterocycles. The summed E-state index contributed by atoms with van der Waals surface area (Å²) in [4.78, 5) is 12.9. The van der Waals surface area contributed by atoms with E-state index in [-0.39, 0.29) is 35.3 Å². The van der Waals surface area contributed by atoms with Crippen LogP contribution in [0.2, 0.25) is 0 Å². The third-order valence-corrected chi connectivity index (χ3v) is 8.24. The van der Waals surface area contributed by atoms with Crippen molar-refractivity contribution in [3.63, 3.8) is 0 Å². The van der Waals surface area contributed by atoms with Gasteiger partial charge in [-0.05, 0) is 77.8 Å². The zero-order valence-corrected chi connectivity index (χ0v) is 22.7. The Morgan fingerprint density at radius 3 is 2.45 bits per heavy atom. The Morgan fingerprint density at radius 1 is 1.10 bits per heavy atom. The summed E-state index contributed by atoms with van der Waals surface area (Å²) in [6.07, 6.45) is 1.81. The van der Waals surface area contributed by atoms with Gasteiger partial charge in [0, 0.05) is 30.1 Å². The Hall–Kier alpha value is -3.71.